The van der Waals surface area contributed by atoms with E-state index < -0.39 is 5.97 Å². The lowest BCUT2D eigenvalue weighted by atomic mass is 10.2. The Hall–Kier alpha value is -2.14. The number of halogens is 1. The molecule has 0 saturated carbocycles. The molecule has 0 bridgehead atoms. The third-order valence-corrected chi connectivity index (χ3v) is 3.51. The minimum atomic E-state index is -1.04. The summed E-state index contributed by atoms with van der Waals surface area (Å²) >= 11 is 6.15. The van der Waals surface area contributed by atoms with Gasteiger partial charge in [-0.15, -0.1) is 0 Å². The molecule has 0 aliphatic rings. The van der Waals surface area contributed by atoms with Crippen LogP contribution in [0.15, 0.2) is 30.5 Å². The van der Waals surface area contributed by atoms with Crippen LogP contribution in [-0.2, 0) is 0 Å². The van der Waals surface area contributed by atoms with Crippen molar-refractivity contribution in [2.75, 3.05) is 18.0 Å². The van der Waals surface area contributed by atoms with E-state index in [1.165, 1.54) is 6.20 Å². The molecule has 0 amide bonds. The number of carboxylic acids is 1. The van der Waals surface area contributed by atoms with Crippen LogP contribution in [-0.4, -0.2) is 34.1 Å². The molecule has 0 unspecified atom stereocenters. The van der Waals surface area contributed by atoms with Gasteiger partial charge < -0.3 is 10.0 Å². The maximum absolute atomic E-state index is 11.3. The molecule has 0 aliphatic carbocycles. The lowest BCUT2D eigenvalue weighted by Gasteiger charge is -2.21. The molecule has 1 N–H and O–H groups in total. The summed E-state index contributed by atoms with van der Waals surface area (Å²) in [5.41, 5.74) is 0.777. The zero-order valence-corrected chi connectivity index (χ0v) is 12.6. The number of nitrogens with zero attached hydrogens (tertiary/aromatic N) is 3. The second-order valence-corrected chi connectivity index (χ2v) is 4.80. The molecular formula is C15H16ClN3O2. The van der Waals surface area contributed by atoms with Crippen molar-refractivity contribution < 1.29 is 9.90 Å². The Morgan fingerprint density at radius 1 is 1.29 bits per heavy atom. The Bertz CT molecular complexity index is 657. The van der Waals surface area contributed by atoms with Crippen LogP contribution >= 0.6 is 11.6 Å². The van der Waals surface area contributed by atoms with Crippen molar-refractivity contribution in [3.8, 4) is 11.4 Å². The zero-order valence-electron chi connectivity index (χ0n) is 11.9. The fourth-order valence-electron chi connectivity index (χ4n) is 2.06. The molecule has 0 fully saturated rings. The van der Waals surface area contributed by atoms with E-state index >= 15 is 0 Å². The van der Waals surface area contributed by atoms with Crippen LogP contribution in [0.3, 0.4) is 0 Å². The number of carboxylic acid groups (broad SMARTS) is 1. The predicted octanol–water partition coefficient (Wildman–Crippen LogP) is 3.34. The standard InChI is InChI=1S/C15H16ClN3O2/c1-3-19(4-2)14-11(15(20)21)9-17-13(18-14)10-7-5-6-8-12(10)16/h5-9H,3-4H2,1-2H3,(H,20,21). The highest BCUT2D eigenvalue weighted by atomic mass is 35.5. The summed E-state index contributed by atoms with van der Waals surface area (Å²) < 4.78 is 0. The van der Waals surface area contributed by atoms with Gasteiger partial charge in [-0.3, -0.25) is 0 Å². The second kappa shape index (κ2) is 6.54. The number of benzene rings is 1. The van der Waals surface area contributed by atoms with Gasteiger partial charge in [0.1, 0.15) is 11.4 Å². The molecule has 1 aromatic heterocycles. The third kappa shape index (κ3) is 3.13. The van der Waals surface area contributed by atoms with Crippen LogP contribution in [0.2, 0.25) is 5.02 Å². The van der Waals surface area contributed by atoms with E-state index in [0.717, 1.165) is 0 Å². The summed E-state index contributed by atoms with van der Waals surface area (Å²) in [6.45, 7) is 5.23. The number of anilines is 1. The monoisotopic (exact) mass is 305 g/mol. The van der Waals surface area contributed by atoms with E-state index in [4.69, 9.17) is 11.6 Å². The second-order valence-electron chi connectivity index (χ2n) is 4.39. The van der Waals surface area contributed by atoms with Crippen molar-refractivity contribution in [1.29, 1.82) is 0 Å². The fourth-order valence-corrected chi connectivity index (χ4v) is 2.28. The summed E-state index contributed by atoms with van der Waals surface area (Å²) in [5, 5.41) is 9.82. The maximum Gasteiger partial charge on any atom is 0.341 e. The normalized spacial score (nSPS) is 10.4. The first-order valence-corrected chi connectivity index (χ1v) is 7.06. The van der Waals surface area contributed by atoms with Gasteiger partial charge in [0, 0.05) is 24.8 Å². The molecule has 6 heteroatoms. The molecule has 0 atom stereocenters. The van der Waals surface area contributed by atoms with E-state index in [9.17, 15) is 9.90 Å². The summed E-state index contributed by atoms with van der Waals surface area (Å²) in [6.07, 6.45) is 1.33. The molecular weight excluding hydrogens is 290 g/mol. The molecule has 0 aliphatic heterocycles. The highest BCUT2D eigenvalue weighted by Gasteiger charge is 2.18. The van der Waals surface area contributed by atoms with Crippen molar-refractivity contribution in [3.63, 3.8) is 0 Å². The molecule has 1 aromatic carbocycles. The molecule has 2 aromatic rings. The van der Waals surface area contributed by atoms with Crippen LogP contribution in [0.25, 0.3) is 11.4 Å². The Morgan fingerprint density at radius 3 is 2.52 bits per heavy atom. The molecule has 1 heterocycles. The molecule has 0 spiro atoms. The summed E-state index contributed by atoms with van der Waals surface area (Å²) in [6, 6.07) is 7.22. The number of hydrogen-bond donors (Lipinski definition) is 1. The third-order valence-electron chi connectivity index (χ3n) is 3.18. The van der Waals surface area contributed by atoms with Gasteiger partial charge in [0.25, 0.3) is 0 Å². The largest absolute Gasteiger partial charge is 0.477 e. The number of aromatic carboxylic acids is 1. The highest BCUT2D eigenvalue weighted by molar-refractivity contribution is 6.33. The Kier molecular flexibility index (Phi) is 4.75. The Morgan fingerprint density at radius 2 is 1.95 bits per heavy atom. The molecule has 21 heavy (non-hydrogen) atoms. The van der Waals surface area contributed by atoms with E-state index in [1.807, 2.05) is 36.9 Å². The van der Waals surface area contributed by atoms with Crippen molar-refractivity contribution in [2.24, 2.45) is 0 Å². The van der Waals surface area contributed by atoms with Gasteiger partial charge in [0.2, 0.25) is 0 Å². The SMILES string of the molecule is CCN(CC)c1nc(-c2ccccc2Cl)ncc1C(=O)O. The minimum absolute atomic E-state index is 0.0921. The van der Waals surface area contributed by atoms with Gasteiger partial charge in [-0.25, -0.2) is 14.8 Å². The fraction of sp³-hybridized carbons (Fsp3) is 0.267. The van der Waals surface area contributed by atoms with Gasteiger partial charge in [0.05, 0.1) is 5.02 Å². The maximum atomic E-state index is 11.3. The first-order chi connectivity index (χ1) is 10.1. The Balaban J connectivity index is 2.59. The minimum Gasteiger partial charge on any atom is -0.477 e. The van der Waals surface area contributed by atoms with Crippen molar-refractivity contribution in [2.45, 2.75) is 13.8 Å². The average Bonchev–Trinajstić information content (AvgIpc) is 2.48. The molecule has 2 rings (SSSR count). The summed E-state index contributed by atoms with van der Waals surface area (Å²) in [5.74, 6) is -0.201. The van der Waals surface area contributed by atoms with Crippen molar-refractivity contribution >= 4 is 23.4 Å². The molecule has 110 valence electrons. The summed E-state index contributed by atoms with van der Waals surface area (Å²) in [4.78, 5) is 21.8. The van der Waals surface area contributed by atoms with Gasteiger partial charge in [0.15, 0.2) is 5.82 Å². The molecule has 5 nitrogen and oxygen atoms in total. The van der Waals surface area contributed by atoms with Crippen LogP contribution in [0.5, 0.6) is 0 Å². The van der Waals surface area contributed by atoms with E-state index in [-0.39, 0.29) is 5.56 Å². The topological polar surface area (TPSA) is 66.3 Å². The smallest absolute Gasteiger partial charge is 0.341 e. The molecule has 0 saturated heterocycles. The zero-order chi connectivity index (χ0) is 15.4. The van der Waals surface area contributed by atoms with Gasteiger partial charge >= 0.3 is 5.97 Å². The number of hydrogen-bond acceptors (Lipinski definition) is 4. The van der Waals surface area contributed by atoms with Gasteiger partial charge in [-0.05, 0) is 26.0 Å². The van der Waals surface area contributed by atoms with Crippen LogP contribution in [0.4, 0.5) is 5.82 Å². The number of carbonyl (C=O) groups is 1. The van der Waals surface area contributed by atoms with Crippen molar-refractivity contribution in [1.82, 2.24) is 9.97 Å². The van der Waals surface area contributed by atoms with Crippen molar-refractivity contribution in [3.05, 3.63) is 41.0 Å². The van der Waals surface area contributed by atoms with Crippen LogP contribution in [0.1, 0.15) is 24.2 Å². The molecule has 0 radical (unpaired) electrons. The lowest BCUT2D eigenvalue weighted by molar-refractivity contribution is 0.0696. The quantitative estimate of drug-likeness (QED) is 0.917. The average molecular weight is 306 g/mol. The first-order valence-electron chi connectivity index (χ1n) is 6.68. The van der Waals surface area contributed by atoms with Gasteiger partial charge in [-0.1, -0.05) is 23.7 Å². The number of rotatable bonds is 5. The van der Waals surface area contributed by atoms with E-state index in [0.29, 0.717) is 35.3 Å². The summed E-state index contributed by atoms with van der Waals surface area (Å²) in [7, 11) is 0. The van der Waals surface area contributed by atoms with Gasteiger partial charge in [-0.2, -0.15) is 0 Å². The number of aromatic nitrogens is 2. The Labute approximate surface area is 128 Å². The lowest BCUT2D eigenvalue weighted by Crippen LogP contribution is -2.26. The highest BCUT2D eigenvalue weighted by Crippen LogP contribution is 2.27. The first kappa shape index (κ1) is 15.3. The van der Waals surface area contributed by atoms with E-state index in [2.05, 4.69) is 9.97 Å². The van der Waals surface area contributed by atoms with E-state index in [1.54, 1.807) is 6.07 Å². The van der Waals surface area contributed by atoms with Crippen LogP contribution < -0.4 is 4.90 Å². The van der Waals surface area contributed by atoms with Crippen LogP contribution in [0, 0.1) is 0 Å². The predicted molar refractivity (Wildman–Crippen MR) is 83.0 cm³/mol.